The minimum Gasteiger partial charge on any atom is -0.478 e. The van der Waals surface area contributed by atoms with Crippen LogP contribution in [0.25, 0.3) is 16.3 Å². The number of allylic oxidation sites excluding steroid dienone is 1. The van der Waals surface area contributed by atoms with E-state index in [1.54, 1.807) is 13.1 Å². The van der Waals surface area contributed by atoms with Gasteiger partial charge in [0.1, 0.15) is 0 Å². The van der Waals surface area contributed by atoms with Gasteiger partial charge < -0.3 is 20.7 Å². The number of aromatic nitrogens is 2. The summed E-state index contributed by atoms with van der Waals surface area (Å²) >= 11 is 0. The molecule has 0 saturated heterocycles. The first kappa shape index (κ1) is 22.5. The van der Waals surface area contributed by atoms with Crippen molar-refractivity contribution < 1.29 is 19.5 Å². The normalized spacial score (nSPS) is 11.3. The van der Waals surface area contributed by atoms with Crippen LogP contribution >= 0.6 is 0 Å². The van der Waals surface area contributed by atoms with Crippen LogP contribution in [0.1, 0.15) is 38.9 Å². The number of amides is 2. The number of imidazole rings is 1. The molecule has 1 heterocycles. The summed E-state index contributed by atoms with van der Waals surface area (Å²) in [7, 11) is 0. The fraction of sp³-hybridized carbons (Fsp3) is 0.0769. The molecule has 0 radical (unpaired) electrons. The highest BCUT2D eigenvalue weighted by Gasteiger charge is 2.16. The molecule has 3 aromatic carbocycles. The average Bonchev–Trinajstić information content (AvgIpc) is 3.35. The Morgan fingerprint density at radius 3 is 2.50 bits per heavy atom. The van der Waals surface area contributed by atoms with Gasteiger partial charge >= 0.3 is 5.97 Å². The van der Waals surface area contributed by atoms with E-state index in [9.17, 15) is 19.5 Å². The summed E-state index contributed by atoms with van der Waals surface area (Å²) in [5.74, 6) is -2.12. The molecule has 0 spiro atoms. The number of nitrogens with one attached hydrogen (secondary N) is 3. The highest BCUT2D eigenvalue weighted by atomic mass is 16.4. The number of nitrogens with zero attached hydrogens (tertiary/aromatic N) is 1. The third-order valence-electron chi connectivity index (χ3n) is 5.32. The fourth-order valence-corrected chi connectivity index (χ4v) is 3.52. The van der Waals surface area contributed by atoms with Gasteiger partial charge in [-0.25, -0.2) is 9.78 Å². The lowest BCUT2D eigenvalue weighted by atomic mass is 10.0. The number of aromatic amines is 1. The van der Waals surface area contributed by atoms with Crippen molar-refractivity contribution in [1.82, 2.24) is 15.3 Å². The zero-order valence-corrected chi connectivity index (χ0v) is 18.3. The first-order chi connectivity index (χ1) is 16.4. The third-order valence-corrected chi connectivity index (χ3v) is 5.32. The first-order valence-corrected chi connectivity index (χ1v) is 10.5. The van der Waals surface area contributed by atoms with E-state index in [0.717, 1.165) is 22.0 Å². The maximum Gasteiger partial charge on any atom is 0.337 e. The summed E-state index contributed by atoms with van der Waals surface area (Å²) < 4.78 is 0. The molecule has 1 aromatic heterocycles. The monoisotopic (exact) mass is 454 g/mol. The quantitative estimate of drug-likeness (QED) is 0.311. The van der Waals surface area contributed by atoms with Crippen LogP contribution in [0, 0.1) is 0 Å². The van der Waals surface area contributed by atoms with Gasteiger partial charge in [0.05, 0.1) is 29.8 Å². The Bertz CT molecular complexity index is 1410. The summed E-state index contributed by atoms with van der Waals surface area (Å²) in [6.07, 6.45) is 4.49. The van der Waals surface area contributed by atoms with E-state index in [4.69, 9.17) is 0 Å². The van der Waals surface area contributed by atoms with E-state index in [1.165, 1.54) is 30.6 Å². The second-order valence-corrected chi connectivity index (χ2v) is 7.70. The number of carbonyl (C=O) groups is 3. The lowest BCUT2D eigenvalue weighted by molar-refractivity contribution is -0.111. The zero-order valence-electron chi connectivity index (χ0n) is 18.3. The SMILES string of the molecule is C/C(=C/C(=O)Nc1cc(C(=O)NCc2cnc[nH]2)ccc1C(=O)O)c1ccc2ccccc2c1. The maximum absolute atomic E-state index is 12.7. The molecule has 0 aliphatic carbocycles. The van der Waals surface area contributed by atoms with E-state index in [1.807, 2.05) is 42.5 Å². The van der Waals surface area contributed by atoms with Crippen molar-refractivity contribution in [1.29, 1.82) is 0 Å². The summed E-state index contributed by atoms with van der Waals surface area (Å²) in [6.45, 7) is 2.04. The lowest BCUT2D eigenvalue weighted by Crippen LogP contribution is -2.23. The molecule has 2 amide bonds. The molecule has 34 heavy (non-hydrogen) atoms. The van der Waals surface area contributed by atoms with Gasteiger partial charge in [-0.1, -0.05) is 36.4 Å². The average molecular weight is 454 g/mol. The molecular weight excluding hydrogens is 432 g/mol. The molecule has 0 atom stereocenters. The number of carbonyl (C=O) groups excluding carboxylic acids is 2. The molecule has 0 fully saturated rings. The molecule has 4 N–H and O–H groups in total. The molecule has 4 aromatic rings. The van der Waals surface area contributed by atoms with Crippen molar-refractivity contribution >= 4 is 39.8 Å². The lowest BCUT2D eigenvalue weighted by Gasteiger charge is -2.11. The number of anilines is 1. The highest BCUT2D eigenvalue weighted by Crippen LogP contribution is 2.22. The van der Waals surface area contributed by atoms with Gasteiger partial charge in [-0.3, -0.25) is 9.59 Å². The summed E-state index contributed by atoms with van der Waals surface area (Å²) in [6, 6.07) is 17.9. The second kappa shape index (κ2) is 9.83. The molecule has 0 unspecified atom stereocenters. The molecule has 0 aliphatic rings. The number of carboxylic acids is 1. The number of benzene rings is 3. The number of hydrogen-bond donors (Lipinski definition) is 4. The van der Waals surface area contributed by atoms with E-state index in [0.29, 0.717) is 5.57 Å². The number of H-pyrrole nitrogens is 1. The molecular formula is C26H22N4O4. The highest BCUT2D eigenvalue weighted by molar-refractivity contribution is 6.08. The van der Waals surface area contributed by atoms with E-state index < -0.39 is 17.8 Å². The standard InChI is InChI=1S/C26H22N4O4/c1-16(18-7-6-17-4-2-3-5-19(17)11-18)10-24(31)30-23-12-20(8-9-22(23)26(33)34)25(32)28-14-21-13-27-15-29-21/h2-13,15H,14H2,1H3,(H,27,29)(H,28,32)(H,30,31)(H,33,34)/b16-10-. The van der Waals surface area contributed by atoms with Crippen molar-refractivity contribution in [3.8, 4) is 0 Å². The Balaban J connectivity index is 1.53. The summed E-state index contributed by atoms with van der Waals surface area (Å²) in [5, 5.41) is 17.0. The second-order valence-electron chi connectivity index (χ2n) is 7.70. The van der Waals surface area contributed by atoms with Crippen LogP contribution < -0.4 is 10.6 Å². The van der Waals surface area contributed by atoms with Crippen LogP contribution in [0.4, 0.5) is 5.69 Å². The molecule has 8 heteroatoms. The van der Waals surface area contributed by atoms with Crippen LogP contribution in [0.3, 0.4) is 0 Å². The van der Waals surface area contributed by atoms with Gasteiger partial charge in [0, 0.05) is 17.8 Å². The molecule has 0 bridgehead atoms. The number of carboxylic acid groups (broad SMARTS) is 1. The van der Waals surface area contributed by atoms with E-state index >= 15 is 0 Å². The molecule has 0 aliphatic heterocycles. The summed E-state index contributed by atoms with van der Waals surface area (Å²) in [4.78, 5) is 43.6. The summed E-state index contributed by atoms with van der Waals surface area (Å²) in [5.41, 5.74) is 2.45. The van der Waals surface area contributed by atoms with E-state index in [-0.39, 0.29) is 23.4 Å². The number of rotatable bonds is 7. The van der Waals surface area contributed by atoms with Gasteiger partial charge in [-0.15, -0.1) is 0 Å². The first-order valence-electron chi connectivity index (χ1n) is 10.5. The Labute approximate surface area is 195 Å². The Kier molecular flexibility index (Phi) is 6.49. The van der Waals surface area contributed by atoms with Crippen LogP contribution in [0.5, 0.6) is 0 Å². The number of hydrogen-bond acceptors (Lipinski definition) is 4. The minimum atomic E-state index is -1.21. The topological polar surface area (TPSA) is 124 Å². The van der Waals surface area contributed by atoms with Gasteiger partial charge in [0.2, 0.25) is 5.91 Å². The Hall–Kier alpha value is -4.72. The van der Waals surface area contributed by atoms with Crippen molar-refractivity contribution in [2.75, 3.05) is 5.32 Å². The van der Waals surface area contributed by atoms with Gasteiger partial charge in [-0.2, -0.15) is 0 Å². The predicted octanol–water partition coefficient (Wildman–Crippen LogP) is 4.23. The van der Waals surface area contributed by atoms with Crippen molar-refractivity contribution in [2.45, 2.75) is 13.5 Å². The smallest absolute Gasteiger partial charge is 0.337 e. The minimum absolute atomic E-state index is 0.0363. The van der Waals surface area contributed by atoms with Crippen molar-refractivity contribution in [3.05, 3.63) is 102 Å². The number of fused-ring (bicyclic) bond motifs is 1. The Morgan fingerprint density at radius 2 is 1.76 bits per heavy atom. The zero-order chi connectivity index (χ0) is 24.1. The molecule has 4 rings (SSSR count). The Morgan fingerprint density at radius 1 is 1.00 bits per heavy atom. The fourth-order valence-electron chi connectivity index (χ4n) is 3.52. The largest absolute Gasteiger partial charge is 0.478 e. The maximum atomic E-state index is 12.7. The third kappa shape index (κ3) is 5.18. The molecule has 8 nitrogen and oxygen atoms in total. The molecule has 0 saturated carbocycles. The van der Waals surface area contributed by atoms with E-state index in [2.05, 4.69) is 20.6 Å². The molecule has 170 valence electrons. The van der Waals surface area contributed by atoms with Gasteiger partial charge in [0.15, 0.2) is 0 Å². The van der Waals surface area contributed by atoms with Gasteiger partial charge in [0.25, 0.3) is 5.91 Å². The van der Waals surface area contributed by atoms with Crippen LogP contribution in [0.15, 0.2) is 79.3 Å². The van der Waals surface area contributed by atoms with Crippen LogP contribution in [-0.2, 0) is 11.3 Å². The van der Waals surface area contributed by atoms with Crippen molar-refractivity contribution in [2.24, 2.45) is 0 Å². The van der Waals surface area contributed by atoms with Crippen LogP contribution in [0.2, 0.25) is 0 Å². The van der Waals surface area contributed by atoms with Crippen molar-refractivity contribution in [3.63, 3.8) is 0 Å². The van der Waals surface area contributed by atoms with Crippen LogP contribution in [-0.4, -0.2) is 32.9 Å². The van der Waals surface area contributed by atoms with Gasteiger partial charge in [-0.05, 0) is 53.1 Å². The predicted molar refractivity (Wildman–Crippen MR) is 129 cm³/mol. The number of aromatic carboxylic acids is 1.